The van der Waals surface area contributed by atoms with E-state index in [1.165, 1.54) is 30.1 Å². The number of amides is 2. The van der Waals surface area contributed by atoms with Crippen LogP contribution in [0.1, 0.15) is 41.0 Å². The fourth-order valence-corrected chi connectivity index (χ4v) is 4.26. The summed E-state index contributed by atoms with van der Waals surface area (Å²) in [6, 6.07) is 11.5. The Balaban J connectivity index is 1.64. The minimum Gasteiger partial charge on any atom is -0.458 e. The van der Waals surface area contributed by atoms with Crippen molar-refractivity contribution < 1.29 is 19.1 Å². The highest BCUT2D eigenvalue weighted by atomic mass is 35.5. The predicted octanol–water partition coefficient (Wildman–Crippen LogP) is 4.96. The third-order valence-corrected chi connectivity index (χ3v) is 6.03. The van der Waals surface area contributed by atoms with Crippen LogP contribution in [0.15, 0.2) is 47.8 Å². The summed E-state index contributed by atoms with van der Waals surface area (Å²) in [4.78, 5) is 43.0. The maximum atomic E-state index is 12.4. The number of esters is 1. The summed E-state index contributed by atoms with van der Waals surface area (Å²) in [7, 11) is 0. The Morgan fingerprint density at radius 2 is 1.91 bits per heavy atom. The van der Waals surface area contributed by atoms with E-state index in [4.69, 9.17) is 16.3 Å². The first-order chi connectivity index (χ1) is 15.7. The normalized spacial score (nSPS) is 11.5. The average Bonchev–Trinajstić information content (AvgIpc) is 3.22. The summed E-state index contributed by atoms with van der Waals surface area (Å²) in [5, 5.41) is 5.09. The zero-order valence-electron chi connectivity index (χ0n) is 18.7. The van der Waals surface area contributed by atoms with Gasteiger partial charge in [0.05, 0.1) is 22.0 Å². The first kappa shape index (κ1) is 24.4. The van der Waals surface area contributed by atoms with Crippen molar-refractivity contribution in [3.63, 3.8) is 0 Å². The lowest BCUT2D eigenvalue weighted by molar-refractivity contribution is -0.146. The molecular formula is C24H24ClN3O4S. The van der Waals surface area contributed by atoms with E-state index in [1.807, 2.05) is 32.0 Å². The van der Waals surface area contributed by atoms with Gasteiger partial charge in [0.2, 0.25) is 5.91 Å². The summed E-state index contributed by atoms with van der Waals surface area (Å²) in [6.07, 6.45) is 0. The third-order valence-electron chi connectivity index (χ3n) is 4.82. The van der Waals surface area contributed by atoms with Gasteiger partial charge >= 0.3 is 5.97 Å². The Bertz CT molecular complexity index is 1190. The number of nitrogens with zero attached hydrogens (tertiary/aromatic N) is 2. The highest BCUT2D eigenvalue weighted by Crippen LogP contribution is 2.31. The van der Waals surface area contributed by atoms with E-state index < -0.39 is 17.9 Å². The Labute approximate surface area is 201 Å². The van der Waals surface area contributed by atoms with E-state index in [2.05, 4.69) is 10.3 Å². The molecule has 0 aliphatic heterocycles. The fourth-order valence-electron chi connectivity index (χ4n) is 3.18. The number of hydrogen-bond acceptors (Lipinski definition) is 6. The lowest BCUT2D eigenvalue weighted by atomic mass is 10.1. The van der Waals surface area contributed by atoms with Crippen LogP contribution >= 0.6 is 22.9 Å². The Hall–Kier alpha value is -3.23. The van der Waals surface area contributed by atoms with Crippen LogP contribution in [0.25, 0.3) is 0 Å². The van der Waals surface area contributed by atoms with E-state index >= 15 is 0 Å². The quantitative estimate of drug-likeness (QED) is 0.478. The molecule has 0 saturated heterocycles. The van der Waals surface area contributed by atoms with E-state index in [1.54, 1.807) is 29.6 Å². The number of anilines is 2. The van der Waals surface area contributed by atoms with E-state index in [-0.39, 0.29) is 18.1 Å². The molecule has 1 unspecified atom stereocenters. The number of benzene rings is 2. The molecule has 2 amide bonds. The van der Waals surface area contributed by atoms with Gasteiger partial charge in [0.15, 0.2) is 5.13 Å². The van der Waals surface area contributed by atoms with Crippen LogP contribution in [-0.4, -0.2) is 28.8 Å². The highest BCUT2D eigenvalue weighted by Gasteiger charge is 2.22. The number of aromatic nitrogens is 1. The smallest absolute Gasteiger partial charge is 0.328 e. The van der Waals surface area contributed by atoms with Crippen molar-refractivity contribution in [1.29, 1.82) is 0 Å². The van der Waals surface area contributed by atoms with Crippen molar-refractivity contribution in [2.24, 2.45) is 0 Å². The van der Waals surface area contributed by atoms with Crippen LogP contribution < -0.4 is 10.2 Å². The Kier molecular flexibility index (Phi) is 7.84. The maximum absolute atomic E-state index is 12.4. The lowest BCUT2D eigenvalue weighted by Crippen LogP contribution is -2.39. The van der Waals surface area contributed by atoms with Crippen molar-refractivity contribution in [3.8, 4) is 0 Å². The number of aryl methyl sites for hydroxylation is 2. The van der Waals surface area contributed by atoms with Crippen LogP contribution in [0.4, 0.5) is 10.8 Å². The molecule has 172 valence electrons. The standard InChI is InChI=1S/C24H24ClN3O4S/c1-14-9-10-21(15(2)11-14)28(17(4)29)24-27-18(13-33-24)12-32-23(31)16(3)26-22(30)19-7-5-6-8-20(19)25/h5-11,13,16H,12H2,1-4H3,(H,26,30). The minimum absolute atomic E-state index is 0.0831. The molecule has 0 aliphatic rings. The summed E-state index contributed by atoms with van der Waals surface area (Å²) in [5.41, 5.74) is 3.59. The van der Waals surface area contributed by atoms with Crippen molar-refractivity contribution in [1.82, 2.24) is 10.3 Å². The highest BCUT2D eigenvalue weighted by molar-refractivity contribution is 7.14. The van der Waals surface area contributed by atoms with Crippen molar-refractivity contribution in [3.05, 3.63) is 75.3 Å². The lowest BCUT2D eigenvalue weighted by Gasteiger charge is -2.20. The van der Waals surface area contributed by atoms with Gasteiger partial charge in [0, 0.05) is 12.3 Å². The first-order valence-corrected chi connectivity index (χ1v) is 11.5. The van der Waals surface area contributed by atoms with Crippen molar-refractivity contribution >= 4 is 51.5 Å². The molecule has 0 radical (unpaired) electrons. The van der Waals surface area contributed by atoms with Crippen LogP contribution in [0, 0.1) is 13.8 Å². The molecule has 1 aromatic heterocycles. The van der Waals surface area contributed by atoms with Gasteiger partial charge in [0.1, 0.15) is 12.6 Å². The maximum Gasteiger partial charge on any atom is 0.328 e. The second-order valence-electron chi connectivity index (χ2n) is 7.55. The first-order valence-electron chi connectivity index (χ1n) is 10.2. The van der Waals surface area contributed by atoms with Crippen LogP contribution in [0.2, 0.25) is 5.02 Å². The number of nitrogens with one attached hydrogen (secondary N) is 1. The molecule has 0 aliphatic carbocycles. The van der Waals surface area contributed by atoms with Gasteiger partial charge in [-0.3, -0.25) is 14.5 Å². The molecule has 1 heterocycles. The third kappa shape index (κ3) is 5.97. The number of thiazole rings is 1. The Morgan fingerprint density at radius 3 is 2.58 bits per heavy atom. The molecule has 3 aromatic rings. The SMILES string of the molecule is CC(=O)N(c1nc(COC(=O)C(C)NC(=O)c2ccccc2Cl)cs1)c1ccc(C)cc1C. The molecular weight excluding hydrogens is 462 g/mol. The zero-order chi connectivity index (χ0) is 24.1. The largest absolute Gasteiger partial charge is 0.458 e. The average molecular weight is 486 g/mol. The second-order valence-corrected chi connectivity index (χ2v) is 8.79. The number of carbonyl (C=O) groups is 3. The van der Waals surface area contributed by atoms with E-state index in [0.29, 0.717) is 15.8 Å². The summed E-state index contributed by atoms with van der Waals surface area (Å²) in [5.74, 6) is -1.25. The van der Waals surface area contributed by atoms with Crippen molar-refractivity contribution in [2.75, 3.05) is 4.90 Å². The molecule has 1 atom stereocenters. The number of carbonyl (C=O) groups excluding carboxylic acids is 3. The van der Waals surface area contributed by atoms with Crippen LogP contribution in [0.3, 0.4) is 0 Å². The van der Waals surface area contributed by atoms with Gasteiger partial charge in [-0.25, -0.2) is 9.78 Å². The predicted molar refractivity (Wildman–Crippen MR) is 129 cm³/mol. The monoisotopic (exact) mass is 485 g/mol. The van der Waals surface area contributed by atoms with Gasteiger partial charge in [-0.05, 0) is 44.5 Å². The molecule has 0 saturated carbocycles. The summed E-state index contributed by atoms with van der Waals surface area (Å²) in [6.45, 7) is 6.85. The molecule has 2 aromatic carbocycles. The molecule has 3 rings (SSSR count). The molecule has 9 heteroatoms. The minimum atomic E-state index is -0.879. The van der Waals surface area contributed by atoms with Crippen LogP contribution in [0.5, 0.6) is 0 Å². The number of rotatable bonds is 7. The molecule has 0 bridgehead atoms. The van der Waals surface area contributed by atoms with Gasteiger partial charge in [-0.2, -0.15) is 0 Å². The van der Waals surface area contributed by atoms with Gasteiger partial charge in [-0.1, -0.05) is 41.4 Å². The number of hydrogen-bond donors (Lipinski definition) is 1. The van der Waals surface area contributed by atoms with Crippen LogP contribution in [-0.2, 0) is 20.9 Å². The van der Waals surface area contributed by atoms with E-state index in [0.717, 1.165) is 16.8 Å². The topological polar surface area (TPSA) is 88.6 Å². The van der Waals surface area contributed by atoms with E-state index in [9.17, 15) is 14.4 Å². The summed E-state index contributed by atoms with van der Waals surface area (Å²) >= 11 is 7.30. The summed E-state index contributed by atoms with van der Waals surface area (Å²) < 4.78 is 5.31. The van der Waals surface area contributed by atoms with Gasteiger partial charge < -0.3 is 10.1 Å². The molecule has 0 fully saturated rings. The van der Waals surface area contributed by atoms with Gasteiger partial charge in [-0.15, -0.1) is 11.3 Å². The fraction of sp³-hybridized carbons (Fsp3) is 0.250. The molecule has 33 heavy (non-hydrogen) atoms. The Morgan fingerprint density at radius 1 is 1.18 bits per heavy atom. The number of ether oxygens (including phenoxy) is 1. The molecule has 7 nitrogen and oxygen atoms in total. The zero-order valence-corrected chi connectivity index (χ0v) is 20.3. The second kappa shape index (κ2) is 10.6. The van der Waals surface area contributed by atoms with Gasteiger partial charge in [0.25, 0.3) is 5.91 Å². The number of halogens is 1. The van der Waals surface area contributed by atoms with Crippen molar-refractivity contribution in [2.45, 2.75) is 40.3 Å². The molecule has 1 N–H and O–H groups in total. The molecule has 0 spiro atoms.